The molecule has 1 aliphatic rings. The molecule has 8 nitrogen and oxygen atoms in total. The lowest BCUT2D eigenvalue weighted by atomic mass is 10.1. The van der Waals surface area contributed by atoms with Crippen LogP contribution in [0.4, 0.5) is 11.4 Å². The van der Waals surface area contributed by atoms with Crippen LogP contribution in [0.3, 0.4) is 0 Å². The first-order chi connectivity index (χ1) is 15.4. The number of rotatable bonds is 7. The SMILES string of the molecule is CC[C@H]1Sc2ccc(S(=O)(=O)CCC(=O)Nc3cccc(-c4ccno4)c3)cc2NC1=O. The lowest BCUT2D eigenvalue weighted by Crippen LogP contribution is -2.28. The van der Waals surface area contributed by atoms with Crippen LogP contribution in [0.15, 0.2) is 69.0 Å². The van der Waals surface area contributed by atoms with Crippen molar-refractivity contribution in [3.8, 4) is 11.3 Å². The van der Waals surface area contributed by atoms with E-state index in [9.17, 15) is 18.0 Å². The molecule has 32 heavy (non-hydrogen) atoms. The Balaban J connectivity index is 1.40. The molecule has 1 aliphatic heterocycles. The Bertz CT molecular complexity index is 1260. The fraction of sp³-hybridized carbons (Fsp3) is 0.227. The summed E-state index contributed by atoms with van der Waals surface area (Å²) in [5.74, 6) is -0.341. The summed E-state index contributed by atoms with van der Waals surface area (Å²) in [6.07, 6.45) is 2.01. The molecule has 2 aromatic carbocycles. The number of nitrogens with zero attached hydrogens (tertiary/aromatic N) is 1. The molecule has 2 amide bonds. The molecule has 0 bridgehead atoms. The summed E-state index contributed by atoms with van der Waals surface area (Å²) in [6, 6.07) is 13.4. The minimum atomic E-state index is -3.71. The minimum Gasteiger partial charge on any atom is -0.356 e. The Morgan fingerprint density at radius 1 is 1.22 bits per heavy atom. The zero-order valence-corrected chi connectivity index (χ0v) is 18.8. The van der Waals surface area contributed by atoms with Gasteiger partial charge in [0, 0.05) is 28.6 Å². The summed E-state index contributed by atoms with van der Waals surface area (Å²) >= 11 is 1.42. The van der Waals surface area contributed by atoms with Crippen molar-refractivity contribution in [3.05, 3.63) is 54.7 Å². The molecule has 0 radical (unpaired) electrons. The van der Waals surface area contributed by atoms with Crippen LogP contribution in [0, 0.1) is 0 Å². The molecule has 0 saturated heterocycles. The fourth-order valence-corrected chi connectivity index (χ4v) is 5.56. The second kappa shape index (κ2) is 9.17. The van der Waals surface area contributed by atoms with Crippen molar-refractivity contribution >= 4 is 44.8 Å². The van der Waals surface area contributed by atoms with Crippen molar-refractivity contribution in [2.45, 2.75) is 34.8 Å². The van der Waals surface area contributed by atoms with Crippen LogP contribution in [0.1, 0.15) is 19.8 Å². The van der Waals surface area contributed by atoms with Crippen molar-refractivity contribution in [1.29, 1.82) is 0 Å². The molecule has 166 valence electrons. The smallest absolute Gasteiger partial charge is 0.237 e. The average molecular weight is 472 g/mol. The van der Waals surface area contributed by atoms with Crippen LogP contribution in [-0.4, -0.2) is 36.4 Å². The van der Waals surface area contributed by atoms with Gasteiger partial charge in [-0.1, -0.05) is 24.2 Å². The number of carbonyl (C=O) groups excluding carboxylic acids is 2. The van der Waals surface area contributed by atoms with Gasteiger partial charge in [0.2, 0.25) is 11.8 Å². The molecule has 2 heterocycles. The summed E-state index contributed by atoms with van der Waals surface area (Å²) in [5.41, 5.74) is 1.76. The Hall–Kier alpha value is -3.11. The maximum absolute atomic E-state index is 12.8. The summed E-state index contributed by atoms with van der Waals surface area (Å²) in [4.78, 5) is 25.4. The number of carbonyl (C=O) groups is 2. The van der Waals surface area contributed by atoms with Gasteiger partial charge in [0.1, 0.15) is 0 Å². The van der Waals surface area contributed by atoms with Crippen LogP contribution in [0.5, 0.6) is 0 Å². The first kappa shape index (κ1) is 22.1. The van der Waals surface area contributed by atoms with E-state index < -0.39 is 15.7 Å². The number of sulfone groups is 1. The lowest BCUT2D eigenvalue weighted by Gasteiger charge is -2.23. The van der Waals surface area contributed by atoms with Gasteiger partial charge in [-0.2, -0.15) is 0 Å². The molecule has 10 heteroatoms. The van der Waals surface area contributed by atoms with Gasteiger partial charge in [0.25, 0.3) is 0 Å². The summed E-state index contributed by atoms with van der Waals surface area (Å²) in [7, 11) is -3.71. The number of benzene rings is 2. The number of thioether (sulfide) groups is 1. The molecule has 1 atom stereocenters. The van der Waals surface area contributed by atoms with E-state index in [1.165, 1.54) is 30.1 Å². The summed E-state index contributed by atoms with van der Waals surface area (Å²) < 4.78 is 30.6. The van der Waals surface area contributed by atoms with Crippen molar-refractivity contribution in [3.63, 3.8) is 0 Å². The first-order valence-corrected chi connectivity index (χ1v) is 12.5. The van der Waals surface area contributed by atoms with Gasteiger partial charge in [0.05, 0.1) is 27.8 Å². The summed E-state index contributed by atoms with van der Waals surface area (Å²) in [5, 5.41) is 8.96. The normalized spacial score (nSPS) is 15.7. The molecule has 0 unspecified atom stereocenters. The number of fused-ring (bicyclic) bond motifs is 1. The van der Waals surface area contributed by atoms with Crippen LogP contribution in [-0.2, 0) is 19.4 Å². The molecule has 1 aromatic heterocycles. The molecular formula is C22H21N3O5S2. The van der Waals surface area contributed by atoms with Crippen LogP contribution >= 0.6 is 11.8 Å². The molecule has 0 spiro atoms. The second-order valence-corrected chi connectivity index (χ2v) is 10.6. The van der Waals surface area contributed by atoms with E-state index in [4.69, 9.17) is 4.52 Å². The lowest BCUT2D eigenvalue weighted by molar-refractivity contribution is -0.116. The van der Waals surface area contributed by atoms with Gasteiger partial charge in [-0.3, -0.25) is 9.59 Å². The molecule has 2 N–H and O–H groups in total. The fourth-order valence-electron chi connectivity index (χ4n) is 3.28. The van der Waals surface area contributed by atoms with Crippen LogP contribution < -0.4 is 10.6 Å². The van der Waals surface area contributed by atoms with Gasteiger partial charge < -0.3 is 15.2 Å². The first-order valence-electron chi connectivity index (χ1n) is 10.0. The largest absolute Gasteiger partial charge is 0.356 e. The molecular weight excluding hydrogens is 450 g/mol. The number of hydrogen-bond acceptors (Lipinski definition) is 7. The third-order valence-corrected chi connectivity index (χ3v) is 8.12. The van der Waals surface area contributed by atoms with E-state index in [-0.39, 0.29) is 28.2 Å². The van der Waals surface area contributed by atoms with E-state index in [0.717, 1.165) is 10.5 Å². The molecule has 0 aliphatic carbocycles. The van der Waals surface area contributed by atoms with Crippen molar-refractivity contribution < 1.29 is 22.5 Å². The van der Waals surface area contributed by atoms with Gasteiger partial charge in [-0.15, -0.1) is 11.8 Å². The number of amides is 2. The third kappa shape index (κ3) is 4.86. The highest BCUT2D eigenvalue weighted by Crippen LogP contribution is 2.38. The Morgan fingerprint density at radius 2 is 2.06 bits per heavy atom. The molecule has 3 aromatic rings. The highest BCUT2D eigenvalue weighted by Gasteiger charge is 2.27. The third-order valence-electron chi connectivity index (χ3n) is 4.97. The standard InChI is InChI=1S/C22H21N3O5S2/c1-2-19-22(27)25-17-13-16(6-7-20(17)31-19)32(28,29)11-9-21(26)24-15-5-3-4-14(12-15)18-8-10-23-30-18/h3-8,10,12-13,19H,2,9,11H2,1H3,(H,24,26)(H,25,27)/t19-/m1/s1. The number of hydrogen-bond donors (Lipinski definition) is 2. The Labute approximate surface area is 189 Å². The Morgan fingerprint density at radius 3 is 2.81 bits per heavy atom. The second-order valence-electron chi connectivity index (χ2n) is 7.24. The van der Waals surface area contributed by atoms with Crippen molar-refractivity contribution in [1.82, 2.24) is 5.16 Å². The zero-order chi connectivity index (χ0) is 22.7. The van der Waals surface area contributed by atoms with Gasteiger partial charge >= 0.3 is 0 Å². The van der Waals surface area contributed by atoms with Crippen LogP contribution in [0.25, 0.3) is 11.3 Å². The average Bonchev–Trinajstić information content (AvgIpc) is 3.32. The van der Waals surface area contributed by atoms with Crippen LogP contribution in [0.2, 0.25) is 0 Å². The van der Waals surface area contributed by atoms with E-state index >= 15 is 0 Å². The number of nitrogens with one attached hydrogen (secondary N) is 2. The summed E-state index contributed by atoms with van der Waals surface area (Å²) in [6.45, 7) is 1.93. The topological polar surface area (TPSA) is 118 Å². The predicted octanol–water partition coefficient (Wildman–Crippen LogP) is 3.97. The van der Waals surface area contributed by atoms with E-state index in [0.29, 0.717) is 23.6 Å². The molecule has 0 saturated carbocycles. The highest BCUT2D eigenvalue weighted by molar-refractivity contribution is 8.01. The maximum atomic E-state index is 12.8. The number of anilines is 2. The van der Waals surface area contributed by atoms with Gasteiger partial charge in [-0.05, 0) is 36.8 Å². The molecule has 4 rings (SSSR count). The van der Waals surface area contributed by atoms with E-state index in [2.05, 4.69) is 15.8 Å². The Kier molecular flexibility index (Phi) is 6.33. The van der Waals surface area contributed by atoms with Gasteiger partial charge in [0.15, 0.2) is 15.6 Å². The monoisotopic (exact) mass is 471 g/mol. The van der Waals surface area contributed by atoms with E-state index in [1.54, 1.807) is 30.3 Å². The van der Waals surface area contributed by atoms with Gasteiger partial charge in [-0.25, -0.2) is 8.42 Å². The highest BCUT2D eigenvalue weighted by atomic mass is 32.2. The van der Waals surface area contributed by atoms with Crippen molar-refractivity contribution in [2.75, 3.05) is 16.4 Å². The minimum absolute atomic E-state index is 0.0761. The van der Waals surface area contributed by atoms with E-state index in [1.807, 2.05) is 13.0 Å². The quantitative estimate of drug-likeness (QED) is 0.535. The zero-order valence-electron chi connectivity index (χ0n) is 17.2. The predicted molar refractivity (Wildman–Crippen MR) is 122 cm³/mol. The molecule has 0 fully saturated rings. The number of aromatic nitrogens is 1. The maximum Gasteiger partial charge on any atom is 0.237 e. The van der Waals surface area contributed by atoms with Crippen molar-refractivity contribution in [2.24, 2.45) is 0 Å².